The molecule has 0 spiro atoms. The van der Waals surface area contributed by atoms with Crippen molar-refractivity contribution in [3.05, 3.63) is 0 Å². The van der Waals surface area contributed by atoms with Gasteiger partial charge in [-0.15, -0.1) is 0 Å². The first-order valence-corrected chi connectivity index (χ1v) is 12.8. The number of primary amides is 1. The van der Waals surface area contributed by atoms with E-state index in [0.717, 1.165) is 4.90 Å². The molecule has 5 amide bonds. The van der Waals surface area contributed by atoms with Gasteiger partial charge in [-0.25, -0.2) is 14.6 Å². The van der Waals surface area contributed by atoms with Gasteiger partial charge >= 0.3 is 12.0 Å². The van der Waals surface area contributed by atoms with E-state index in [0.29, 0.717) is 0 Å². The number of urea groups is 1. The van der Waals surface area contributed by atoms with Crippen molar-refractivity contribution in [1.29, 1.82) is 0 Å². The third-order valence-electron chi connectivity index (χ3n) is 6.80. The van der Waals surface area contributed by atoms with E-state index in [1.165, 1.54) is 6.92 Å². The molecule has 2 rings (SSSR count). The monoisotopic (exact) mass is 556 g/mol. The van der Waals surface area contributed by atoms with Gasteiger partial charge < -0.3 is 42.7 Å². The van der Waals surface area contributed by atoms with Crippen LogP contribution in [0.4, 0.5) is 4.79 Å². The molecular weight excluding hydrogens is 516 g/mol. The zero-order chi connectivity index (χ0) is 29.6. The minimum atomic E-state index is -1.24. The smallest absolute Gasteiger partial charge is 0.326 e. The Labute approximate surface area is 225 Å². The van der Waals surface area contributed by atoms with Crippen LogP contribution in [0.2, 0.25) is 0 Å². The number of guanidine groups is 1. The lowest BCUT2D eigenvalue weighted by Gasteiger charge is -2.36. The molecule has 220 valence electrons. The van der Waals surface area contributed by atoms with Crippen LogP contribution in [0.25, 0.3) is 0 Å². The Kier molecular flexibility index (Phi) is 11.0. The number of aliphatic hydroxyl groups is 2. The Bertz CT molecular complexity index is 976. The van der Waals surface area contributed by atoms with Crippen molar-refractivity contribution in [2.75, 3.05) is 6.54 Å². The quantitative estimate of drug-likeness (QED) is 0.115. The fraction of sp³-hybridized carbons (Fsp3) is 0.739. The summed E-state index contributed by atoms with van der Waals surface area (Å²) >= 11 is 0. The highest BCUT2D eigenvalue weighted by molar-refractivity contribution is 5.96. The number of carboxylic acid groups (broad SMARTS) is 1. The van der Waals surface area contributed by atoms with Gasteiger partial charge in [0.25, 0.3) is 0 Å². The molecule has 2 heterocycles. The molecule has 16 nitrogen and oxygen atoms in total. The first kappa shape index (κ1) is 31.7. The number of nitrogens with zero attached hydrogens (tertiary/aromatic N) is 2. The Balaban J connectivity index is 1.97. The van der Waals surface area contributed by atoms with Crippen LogP contribution in [-0.4, -0.2) is 111 Å². The highest BCUT2D eigenvalue weighted by Crippen LogP contribution is 2.18. The van der Waals surface area contributed by atoms with Gasteiger partial charge in [0.05, 0.1) is 36.9 Å². The normalized spacial score (nSPS) is 26.2. The lowest BCUT2D eigenvalue weighted by molar-refractivity contribution is -0.143. The van der Waals surface area contributed by atoms with E-state index in [4.69, 9.17) is 11.5 Å². The van der Waals surface area contributed by atoms with Crippen molar-refractivity contribution >= 4 is 35.7 Å². The third-order valence-corrected chi connectivity index (χ3v) is 6.80. The van der Waals surface area contributed by atoms with Crippen molar-refractivity contribution in [2.45, 2.75) is 95.4 Å². The summed E-state index contributed by atoms with van der Waals surface area (Å²) in [5.74, 6) is -3.30. The van der Waals surface area contributed by atoms with E-state index < -0.39 is 72.3 Å². The maximum Gasteiger partial charge on any atom is 0.326 e. The van der Waals surface area contributed by atoms with Gasteiger partial charge in [0.15, 0.2) is 5.96 Å². The summed E-state index contributed by atoms with van der Waals surface area (Å²) in [6.45, 7) is 6.32. The van der Waals surface area contributed by atoms with Gasteiger partial charge in [-0.3, -0.25) is 24.6 Å². The fourth-order valence-corrected chi connectivity index (χ4v) is 4.42. The molecular formula is C23H40N8O8. The molecule has 0 bridgehead atoms. The highest BCUT2D eigenvalue weighted by atomic mass is 16.4. The first-order chi connectivity index (χ1) is 18.1. The number of hydrogen-bond donors (Lipinski definition) is 9. The van der Waals surface area contributed by atoms with E-state index in [1.54, 1.807) is 20.8 Å². The predicted octanol–water partition coefficient (Wildman–Crippen LogP) is -3.47. The van der Waals surface area contributed by atoms with Crippen molar-refractivity contribution < 1.29 is 39.3 Å². The van der Waals surface area contributed by atoms with E-state index in [9.17, 15) is 39.3 Å². The zero-order valence-electron chi connectivity index (χ0n) is 22.5. The number of nitrogens with one attached hydrogen (secondary N) is 4. The molecule has 0 saturated carbocycles. The van der Waals surface area contributed by atoms with Crippen LogP contribution in [0.5, 0.6) is 0 Å². The Morgan fingerprint density at radius 1 is 1.15 bits per heavy atom. The number of carbonyl (C=O) groups is 5. The molecule has 2 aliphatic rings. The van der Waals surface area contributed by atoms with E-state index in [1.807, 2.05) is 0 Å². The maximum absolute atomic E-state index is 13.1. The number of carboxylic acids is 1. The Hall–Kier alpha value is -3.50. The predicted molar refractivity (Wildman–Crippen MR) is 138 cm³/mol. The van der Waals surface area contributed by atoms with E-state index in [2.05, 4.69) is 26.3 Å². The van der Waals surface area contributed by atoms with Crippen LogP contribution in [0.3, 0.4) is 0 Å². The second-order valence-electron chi connectivity index (χ2n) is 10.3. The molecule has 2 aliphatic heterocycles. The van der Waals surface area contributed by atoms with Crippen LogP contribution < -0.4 is 32.7 Å². The average Bonchev–Trinajstić information content (AvgIpc) is 3.21. The molecule has 0 aromatic heterocycles. The number of piperazine rings is 1. The van der Waals surface area contributed by atoms with Gasteiger partial charge in [-0.05, 0) is 32.6 Å². The Morgan fingerprint density at radius 3 is 2.33 bits per heavy atom. The van der Waals surface area contributed by atoms with Gasteiger partial charge in [-0.2, -0.15) is 0 Å². The molecule has 1 saturated heterocycles. The second kappa shape index (κ2) is 13.5. The molecule has 0 aromatic rings. The highest BCUT2D eigenvalue weighted by Gasteiger charge is 2.39. The summed E-state index contributed by atoms with van der Waals surface area (Å²) in [5.41, 5.74) is 10.9. The van der Waals surface area contributed by atoms with Crippen molar-refractivity contribution in [1.82, 2.24) is 26.2 Å². The molecule has 0 radical (unpaired) electrons. The molecule has 0 aliphatic carbocycles. The molecule has 1 fully saturated rings. The number of rotatable bonds is 12. The van der Waals surface area contributed by atoms with Gasteiger partial charge in [-0.1, -0.05) is 13.8 Å². The van der Waals surface area contributed by atoms with Gasteiger partial charge in [0, 0.05) is 6.42 Å². The van der Waals surface area contributed by atoms with Crippen LogP contribution in [0.15, 0.2) is 4.99 Å². The van der Waals surface area contributed by atoms with Crippen LogP contribution in [0.1, 0.15) is 47.0 Å². The lowest BCUT2D eigenvalue weighted by atomic mass is 9.93. The number of aliphatic hydroxyl groups excluding tert-OH is 2. The first-order valence-electron chi connectivity index (χ1n) is 12.8. The summed E-state index contributed by atoms with van der Waals surface area (Å²) in [6, 6.07) is -5.99. The third kappa shape index (κ3) is 8.49. The van der Waals surface area contributed by atoms with Crippen molar-refractivity contribution in [3.8, 4) is 0 Å². The lowest BCUT2D eigenvalue weighted by Crippen LogP contribution is -2.68. The zero-order valence-corrected chi connectivity index (χ0v) is 22.5. The largest absolute Gasteiger partial charge is 0.480 e. The topological polar surface area (TPSA) is 262 Å². The molecule has 39 heavy (non-hydrogen) atoms. The van der Waals surface area contributed by atoms with Crippen LogP contribution in [0, 0.1) is 5.92 Å². The summed E-state index contributed by atoms with van der Waals surface area (Å²) in [4.78, 5) is 65.7. The maximum atomic E-state index is 13.1. The SMILES string of the molecule is CC(C)[C@H](NC(=O)[C@H](C)NC(=O)[C@H]1N[C@H](C)C(=O)N[C@H]1CC[C@@H](O)[C@@H](O)C[C@@H]1CN(C(N)=O)C(N)=N1)C(=O)O. The minimum absolute atomic E-state index is 0.00211. The van der Waals surface area contributed by atoms with Crippen LogP contribution in [-0.2, 0) is 19.2 Å². The Morgan fingerprint density at radius 2 is 1.79 bits per heavy atom. The minimum Gasteiger partial charge on any atom is -0.480 e. The number of hydrogen-bond acceptors (Lipinski definition) is 10. The summed E-state index contributed by atoms with van der Waals surface area (Å²) in [7, 11) is 0. The number of carbonyl (C=O) groups excluding carboxylic acids is 4. The summed E-state index contributed by atoms with van der Waals surface area (Å²) < 4.78 is 0. The second-order valence-corrected chi connectivity index (χ2v) is 10.3. The number of aliphatic carboxylic acids is 1. The van der Waals surface area contributed by atoms with Crippen LogP contribution >= 0.6 is 0 Å². The molecule has 16 heteroatoms. The fourth-order valence-electron chi connectivity index (χ4n) is 4.42. The molecule has 8 atom stereocenters. The average molecular weight is 557 g/mol. The molecule has 0 aromatic carbocycles. The molecule has 11 N–H and O–H groups in total. The van der Waals surface area contributed by atoms with E-state index >= 15 is 0 Å². The summed E-state index contributed by atoms with van der Waals surface area (Å²) in [6.07, 6.45) is -2.37. The van der Waals surface area contributed by atoms with Gasteiger partial charge in [0.2, 0.25) is 17.7 Å². The van der Waals surface area contributed by atoms with Crippen molar-refractivity contribution in [3.63, 3.8) is 0 Å². The number of aliphatic imine (C=N–C) groups is 1. The number of nitrogens with two attached hydrogens (primary N) is 2. The van der Waals surface area contributed by atoms with E-state index in [-0.39, 0.29) is 43.6 Å². The number of amides is 5. The summed E-state index contributed by atoms with van der Waals surface area (Å²) in [5, 5.41) is 40.8. The molecule has 0 unspecified atom stereocenters. The van der Waals surface area contributed by atoms with Gasteiger partial charge in [0.1, 0.15) is 18.1 Å². The van der Waals surface area contributed by atoms with Crippen molar-refractivity contribution in [2.24, 2.45) is 22.4 Å². The standard InChI is InChI=1S/C23H40N8O8/c1-9(2)16(21(37)38)30-19(35)11(4)27-20(36)17-13(29-18(34)10(3)26-17)5-6-14(32)15(33)7-12-8-31(23(25)39)22(24)28-12/h9-17,26,32-33H,5-8H2,1-4H3,(H2,24,28)(H2,25,39)(H,27,36)(H,29,34)(H,30,35)(H,37,38)/t10-,11+,12-,13+,14-,15+,16+,17+/m1/s1.